The van der Waals surface area contributed by atoms with Gasteiger partial charge < -0.3 is 5.41 Å². The molecule has 6 heteroatoms. The molecule has 0 aromatic carbocycles. The SMILES string of the molecule is CCn1c(=O)c(C)c(CCC(C)=N)n(PC)c1=O. The van der Waals surface area contributed by atoms with Gasteiger partial charge in [0.05, 0.1) is 0 Å². The summed E-state index contributed by atoms with van der Waals surface area (Å²) in [6.45, 7) is 7.62. The molecule has 0 saturated carbocycles. The Morgan fingerprint density at radius 3 is 2.44 bits per heavy atom. The van der Waals surface area contributed by atoms with Crippen LogP contribution in [0.4, 0.5) is 0 Å². The van der Waals surface area contributed by atoms with Gasteiger partial charge in [-0.1, -0.05) is 0 Å². The van der Waals surface area contributed by atoms with Crippen LogP contribution in [0.25, 0.3) is 0 Å². The molecule has 1 atom stereocenters. The number of rotatable bonds is 5. The molecule has 0 radical (unpaired) electrons. The van der Waals surface area contributed by atoms with Crippen LogP contribution < -0.4 is 11.2 Å². The van der Waals surface area contributed by atoms with Gasteiger partial charge in [0.2, 0.25) is 0 Å². The van der Waals surface area contributed by atoms with Crippen LogP contribution in [0.1, 0.15) is 31.5 Å². The molecular weight excluding hydrogens is 249 g/mol. The van der Waals surface area contributed by atoms with Crippen molar-refractivity contribution in [1.29, 1.82) is 5.41 Å². The minimum Gasteiger partial charge on any atom is -0.310 e. The molecule has 0 spiro atoms. The average molecular weight is 269 g/mol. The minimum atomic E-state index is -0.230. The quantitative estimate of drug-likeness (QED) is 0.648. The summed E-state index contributed by atoms with van der Waals surface area (Å²) in [4.78, 5) is 24.2. The van der Waals surface area contributed by atoms with Gasteiger partial charge in [0.1, 0.15) is 0 Å². The van der Waals surface area contributed by atoms with E-state index in [9.17, 15) is 9.59 Å². The third-order valence-electron chi connectivity index (χ3n) is 2.97. The highest BCUT2D eigenvalue weighted by Gasteiger charge is 2.14. The van der Waals surface area contributed by atoms with Gasteiger partial charge >= 0.3 is 5.69 Å². The van der Waals surface area contributed by atoms with Gasteiger partial charge in [0.15, 0.2) is 0 Å². The number of nitrogens with one attached hydrogen (secondary N) is 1. The molecule has 1 heterocycles. The molecule has 100 valence electrons. The van der Waals surface area contributed by atoms with E-state index in [1.807, 2.05) is 6.66 Å². The topological polar surface area (TPSA) is 67.8 Å². The third kappa shape index (κ3) is 2.78. The summed E-state index contributed by atoms with van der Waals surface area (Å²) in [5.74, 6) is 0. The van der Waals surface area contributed by atoms with E-state index >= 15 is 0 Å². The molecular formula is C12H20N3O2P. The van der Waals surface area contributed by atoms with Crippen molar-refractivity contribution in [2.75, 3.05) is 6.66 Å². The largest absolute Gasteiger partial charge is 0.334 e. The fraction of sp³-hybridized carbons (Fsp3) is 0.583. The van der Waals surface area contributed by atoms with Crippen LogP contribution in [0.5, 0.6) is 0 Å². The Kier molecular flexibility index (Phi) is 5.03. The summed E-state index contributed by atoms with van der Waals surface area (Å²) in [5, 5.41) is 7.46. The number of hydrogen-bond donors (Lipinski definition) is 1. The number of aromatic nitrogens is 2. The Morgan fingerprint density at radius 2 is 2.00 bits per heavy atom. The fourth-order valence-electron chi connectivity index (χ4n) is 1.93. The normalized spacial score (nSPS) is 11.3. The molecule has 1 aromatic heterocycles. The molecule has 0 fully saturated rings. The Balaban J connectivity index is 3.46. The first-order valence-corrected chi connectivity index (χ1v) is 7.45. The molecule has 0 aliphatic carbocycles. The number of hydrogen-bond acceptors (Lipinski definition) is 3. The maximum absolute atomic E-state index is 12.1. The molecule has 0 aliphatic rings. The monoisotopic (exact) mass is 269 g/mol. The molecule has 0 saturated heterocycles. The van der Waals surface area contributed by atoms with Gasteiger partial charge in [0, 0.05) is 23.5 Å². The zero-order valence-corrected chi connectivity index (χ0v) is 12.3. The Labute approximate surface area is 108 Å². The van der Waals surface area contributed by atoms with Gasteiger partial charge in [-0.15, -0.1) is 0 Å². The van der Waals surface area contributed by atoms with Crippen molar-refractivity contribution in [1.82, 2.24) is 8.90 Å². The Hall–Kier alpha value is -1.22. The van der Waals surface area contributed by atoms with E-state index in [0.29, 0.717) is 39.4 Å². The van der Waals surface area contributed by atoms with Crippen molar-refractivity contribution in [3.05, 3.63) is 32.1 Å². The predicted molar refractivity (Wildman–Crippen MR) is 76.7 cm³/mol. The second-order valence-corrected chi connectivity index (χ2v) is 5.14. The molecule has 18 heavy (non-hydrogen) atoms. The van der Waals surface area contributed by atoms with E-state index in [0.717, 1.165) is 5.69 Å². The summed E-state index contributed by atoms with van der Waals surface area (Å²) in [5.41, 5.74) is 1.54. The van der Waals surface area contributed by atoms with Crippen LogP contribution in [0.15, 0.2) is 9.59 Å². The molecule has 1 N–H and O–H groups in total. The van der Waals surface area contributed by atoms with Gasteiger partial charge in [-0.3, -0.25) is 13.7 Å². The van der Waals surface area contributed by atoms with Gasteiger partial charge in [0.25, 0.3) is 5.56 Å². The van der Waals surface area contributed by atoms with Gasteiger partial charge in [-0.2, -0.15) is 0 Å². The van der Waals surface area contributed by atoms with Crippen LogP contribution in [0, 0.1) is 12.3 Å². The zero-order chi connectivity index (χ0) is 13.9. The first-order valence-electron chi connectivity index (χ1n) is 6.01. The van der Waals surface area contributed by atoms with Crippen molar-refractivity contribution < 1.29 is 0 Å². The lowest BCUT2D eigenvalue weighted by molar-refractivity contribution is 0.641. The lowest BCUT2D eigenvalue weighted by Crippen LogP contribution is -2.40. The smallest absolute Gasteiger partial charge is 0.310 e. The molecule has 0 aliphatic heterocycles. The van der Waals surface area contributed by atoms with E-state index in [4.69, 9.17) is 5.41 Å². The number of nitrogens with zero attached hydrogens (tertiary/aromatic N) is 2. The van der Waals surface area contributed by atoms with Crippen molar-refractivity contribution in [2.45, 2.75) is 40.2 Å². The van der Waals surface area contributed by atoms with Crippen LogP contribution in [0.2, 0.25) is 0 Å². The van der Waals surface area contributed by atoms with Crippen molar-refractivity contribution >= 4 is 14.4 Å². The predicted octanol–water partition coefficient (Wildman–Crippen LogP) is 1.38. The summed E-state index contributed by atoms with van der Waals surface area (Å²) in [6, 6.07) is 0. The van der Waals surface area contributed by atoms with E-state index in [1.54, 1.807) is 25.1 Å². The highest BCUT2D eigenvalue weighted by molar-refractivity contribution is 7.35. The van der Waals surface area contributed by atoms with Crippen LogP contribution in [0.3, 0.4) is 0 Å². The van der Waals surface area contributed by atoms with Crippen LogP contribution in [-0.2, 0) is 13.0 Å². The minimum absolute atomic E-state index is 0.199. The fourth-order valence-corrected chi connectivity index (χ4v) is 2.79. The molecule has 0 amide bonds. The standard InChI is InChI=1S/C12H20N3O2P/c1-5-14-11(16)9(3)10(7-6-8(2)13)15(18-4)12(14)17/h13,18H,5-7H2,1-4H3. The highest BCUT2D eigenvalue weighted by atomic mass is 31.1. The first-order chi connectivity index (χ1) is 8.43. The second kappa shape index (κ2) is 6.10. The lowest BCUT2D eigenvalue weighted by atomic mass is 10.1. The van der Waals surface area contributed by atoms with Crippen molar-refractivity contribution in [2.24, 2.45) is 0 Å². The highest BCUT2D eigenvalue weighted by Crippen LogP contribution is 2.13. The second-order valence-electron chi connectivity index (χ2n) is 4.24. The Bertz CT molecular complexity index is 572. The van der Waals surface area contributed by atoms with E-state index < -0.39 is 0 Å². The molecule has 1 unspecified atom stereocenters. The maximum atomic E-state index is 12.1. The maximum Gasteiger partial charge on any atom is 0.334 e. The Morgan fingerprint density at radius 1 is 1.39 bits per heavy atom. The van der Waals surface area contributed by atoms with E-state index in [1.165, 1.54) is 4.57 Å². The van der Waals surface area contributed by atoms with Crippen LogP contribution in [-0.4, -0.2) is 21.3 Å². The van der Waals surface area contributed by atoms with Crippen LogP contribution >= 0.6 is 8.73 Å². The van der Waals surface area contributed by atoms with Gasteiger partial charge in [-0.05, 0) is 49.0 Å². The summed E-state index contributed by atoms with van der Waals surface area (Å²) >= 11 is 0. The van der Waals surface area contributed by atoms with Crippen molar-refractivity contribution in [3.63, 3.8) is 0 Å². The van der Waals surface area contributed by atoms with E-state index in [2.05, 4.69) is 0 Å². The summed E-state index contributed by atoms with van der Waals surface area (Å²) in [6.07, 6.45) is 1.16. The zero-order valence-electron chi connectivity index (χ0n) is 11.3. The van der Waals surface area contributed by atoms with Crippen molar-refractivity contribution in [3.8, 4) is 0 Å². The third-order valence-corrected chi connectivity index (χ3v) is 3.88. The van der Waals surface area contributed by atoms with E-state index in [-0.39, 0.29) is 11.2 Å². The molecule has 1 rings (SSSR count). The summed E-state index contributed by atoms with van der Waals surface area (Å²) in [7, 11) is 0.297. The molecule has 1 aromatic rings. The molecule has 0 bridgehead atoms. The molecule has 5 nitrogen and oxygen atoms in total. The summed E-state index contributed by atoms with van der Waals surface area (Å²) < 4.78 is 2.94. The first kappa shape index (κ1) is 14.8. The average Bonchev–Trinajstić information content (AvgIpc) is 2.32. The lowest BCUT2D eigenvalue weighted by Gasteiger charge is -2.15. The van der Waals surface area contributed by atoms with Gasteiger partial charge in [-0.25, -0.2) is 4.79 Å².